The van der Waals surface area contributed by atoms with Gasteiger partial charge in [-0.1, -0.05) is 42.5 Å². The van der Waals surface area contributed by atoms with E-state index in [2.05, 4.69) is 15.1 Å². The van der Waals surface area contributed by atoms with Crippen molar-refractivity contribution in [2.75, 3.05) is 38.2 Å². The van der Waals surface area contributed by atoms with Crippen molar-refractivity contribution in [3.05, 3.63) is 78.9 Å². The lowest BCUT2D eigenvalue weighted by Crippen LogP contribution is -2.49. The Morgan fingerprint density at radius 1 is 0.788 bits per heavy atom. The number of sulfonamides is 1. The zero-order valence-electron chi connectivity index (χ0n) is 18.3. The zero-order chi connectivity index (χ0) is 22.8. The molecule has 33 heavy (non-hydrogen) atoms. The molecule has 168 valence electrons. The van der Waals surface area contributed by atoms with Gasteiger partial charge in [0.25, 0.3) is 0 Å². The van der Waals surface area contributed by atoms with Gasteiger partial charge in [0.1, 0.15) is 5.75 Å². The molecule has 1 aliphatic heterocycles. The predicted molar refractivity (Wildman–Crippen MR) is 129 cm³/mol. The summed E-state index contributed by atoms with van der Waals surface area (Å²) in [5, 5.41) is 10.7. The SMILES string of the molecule is COc1cccc(-c2ccc(N3CCN(S(=O)(=O)c4ccc5ccccc5c4)CC3)nn2)c1. The molecule has 0 bridgehead atoms. The molecule has 2 heterocycles. The quantitative estimate of drug-likeness (QED) is 0.451. The lowest BCUT2D eigenvalue weighted by Gasteiger charge is -2.34. The smallest absolute Gasteiger partial charge is 0.243 e. The summed E-state index contributed by atoms with van der Waals surface area (Å²) in [5.74, 6) is 1.51. The van der Waals surface area contributed by atoms with Gasteiger partial charge < -0.3 is 9.64 Å². The van der Waals surface area contributed by atoms with Gasteiger partial charge in [-0.25, -0.2) is 8.42 Å². The van der Waals surface area contributed by atoms with Crippen molar-refractivity contribution in [3.63, 3.8) is 0 Å². The molecule has 1 aromatic heterocycles. The minimum atomic E-state index is -3.55. The second kappa shape index (κ2) is 8.80. The second-order valence-electron chi connectivity index (χ2n) is 7.91. The summed E-state index contributed by atoms with van der Waals surface area (Å²) in [6.07, 6.45) is 0. The van der Waals surface area contributed by atoms with Gasteiger partial charge in [-0.05, 0) is 47.2 Å². The summed E-state index contributed by atoms with van der Waals surface area (Å²) in [4.78, 5) is 2.39. The van der Waals surface area contributed by atoms with E-state index in [-0.39, 0.29) is 0 Å². The average Bonchev–Trinajstić information content (AvgIpc) is 2.88. The summed E-state index contributed by atoms with van der Waals surface area (Å²) in [7, 11) is -1.92. The van der Waals surface area contributed by atoms with Crippen molar-refractivity contribution < 1.29 is 13.2 Å². The molecule has 4 aromatic rings. The Kier molecular flexibility index (Phi) is 5.70. The number of hydrogen-bond acceptors (Lipinski definition) is 6. The summed E-state index contributed by atoms with van der Waals surface area (Å²) in [6.45, 7) is 1.91. The van der Waals surface area contributed by atoms with Crippen LogP contribution in [0.3, 0.4) is 0 Å². The van der Waals surface area contributed by atoms with Crippen LogP contribution in [0.5, 0.6) is 5.75 Å². The molecular weight excluding hydrogens is 436 g/mol. The van der Waals surface area contributed by atoms with Crippen molar-refractivity contribution >= 4 is 26.6 Å². The first-order valence-corrected chi connectivity index (χ1v) is 12.2. The van der Waals surface area contributed by atoms with Crippen LogP contribution >= 0.6 is 0 Å². The Bertz CT molecular complexity index is 1380. The van der Waals surface area contributed by atoms with Crippen LogP contribution in [0.15, 0.2) is 83.8 Å². The number of rotatable bonds is 5. The summed E-state index contributed by atoms with van der Waals surface area (Å²) >= 11 is 0. The largest absolute Gasteiger partial charge is 0.497 e. The third-order valence-electron chi connectivity index (χ3n) is 5.94. The van der Waals surface area contributed by atoms with E-state index in [0.717, 1.165) is 33.6 Å². The predicted octanol–water partition coefficient (Wildman–Crippen LogP) is 3.82. The molecule has 0 N–H and O–H groups in total. The number of aromatic nitrogens is 2. The molecule has 5 rings (SSSR count). The van der Waals surface area contributed by atoms with Crippen LogP contribution in [0, 0.1) is 0 Å². The van der Waals surface area contributed by atoms with Crippen LogP contribution in [-0.4, -0.2) is 56.2 Å². The van der Waals surface area contributed by atoms with E-state index in [1.54, 1.807) is 23.5 Å². The van der Waals surface area contributed by atoms with Crippen molar-refractivity contribution in [1.82, 2.24) is 14.5 Å². The number of ether oxygens (including phenoxy) is 1. The first-order valence-electron chi connectivity index (χ1n) is 10.8. The van der Waals surface area contributed by atoms with Crippen molar-refractivity contribution in [3.8, 4) is 17.0 Å². The molecule has 3 aromatic carbocycles. The van der Waals surface area contributed by atoms with Crippen molar-refractivity contribution in [1.29, 1.82) is 0 Å². The molecule has 1 saturated heterocycles. The number of benzene rings is 3. The Balaban J connectivity index is 1.28. The molecule has 1 fully saturated rings. The number of piperazine rings is 1. The fourth-order valence-corrected chi connectivity index (χ4v) is 5.52. The third-order valence-corrected chi connectivity index (χ3v) is 7.83. The zero-order valence-corrected chi connectivity index (χ0v) is 19.1. The number of fused-ring (bicyclic) bond motifs is 1. The van der Waals surface area contributed by atoms with Gasteiger partial charge in [0.05, 0.1) is 17.7 Å². The maximum Gasteiger partial charge on any atom is 0.243 e. The molecule has 0 saturated carbocycles. The van der Waals surface area contributed by atoms with E-state index in [1.807, 2.05) is 66.7 Å². The van der Waals surface area contributed by atoms with Crippen LogP contribution in [0.25, 0.3) is 22.0 Å². The fraction of sp³-hybridized carbons (Fsp3) is 0.200. The highest BCUT2D eigenvalue weighted by Gasteiger charge is 2.29. The van der Waals surface area contributed by atoms with E-state index < -0.39 is 10.0 Å². The molecule has 0 unspecified atom stereocenters. The minimum absolute atomic E-state index is 0.331. The topological polar surface area (TPSA) is 75.6 Å². The molecule has 0 atom stereocenters. The van der Waals surface area contributed by atoms with Gasteiger partial charge in [0.15, 0.2) is 5.82 Å². The Labute approximate surface area is 193 Å². The van der Waals surface area contributed by atoms with Gasteiger partial charge in [0.2, 0.25) is 10.0 Å². The standard InChI is InChI=1S/C25H24N4O3S/c1-32-22-8-4-7-21(17-22)24-11-12-25(27-26-24)28-13-15-29(16-14-28)33(30,31)23-10-9-19-5-2-3-6-20(19)18-23/h2-12,17-18H,13-16H2,1H3. The van der Waals surface area contributed by atoms with Crippen LogP contribution in [0.2, 0.25) is 0 Å². The number of anilines is 1. The maximum atomic E-state index is 13.2. The first kappa shape index (κ1) is 21.4. The Hall–Kier alpha value is -3.49. The van der Waals surface area contributed by atoms with Crippen LogP contribution in [-0.2, 0) is 10.0 Å². The molecule has 7 nitrogen and oxygen atoms in total. The lowest BCUT2D eigenvalue weighted by atomic mass is 10.1. The van der Waals surface area contributed by atoms with Crippen molar-refractivity contribution in [2.24, 2.45) is 0 Å². The highest BCUT2D eigenvalue weighted by atomic mass is 32.2. The van der Waals surface area contributed by atoms with Gasteiger partial charge in [-0.15, -0.1) is 10.2 Å². The highest BCUT2D eigenvalue weighted by molar-refractivity contribution is 7.89. The normalized spacial score (nSPS) is 15.0. The second-order valence-corrected chi connectivity index (χ2v) is 9.85. The third kappa shape index (κ3) is 4.27. The number of hydrogen-bond donors (Lipinski definition) is 0. The van der Waals surface area contributed by atoms with Crippen LogP contribution in [0.1, 0.15) is 0 Å². The van der Waals surface area contributed by atoms with E-state index in [9.17, 15) is 8.42 Å². The average molecular weight is 461 g/mol. The highest BCUT2D eigenvalue weighted by Crippen LogP contribution is 2.25. The van der Waals surface area contributed by atoms with Gasteiger partial charge in [-0.2, -0.15) is 4.31 Å². The molecule has 0 spiro atoms. The minimum Gasteiger partial charge on any atom is -0.497 e. The number of methoxy groups -OCH3 is 1. The summed E-state index contributed by atoms with van der Waals surface area (Å²) < 4.78 is 33.2. The lowest BCUT2D eigenvalue weighted by molar-refractivity contribution is 0.383. The van der Waals surface area contributed by atoms with Gasteiger partial charge in [-0.3, -0.25) is 0 Å². The monoisotopic (exact) mass is 460 g/mol. The Morgan fingerprint density at radius 2 is 1.58 bits per heavy atom. The van der Waals surface area contributed by atoms with E-state index in [1.165, 1.54) is 0 Å². The summed E-state index contributed by atoms with van der Waals surface area (Å²) in [6, 6.07) is 24.6. The van der Waals surface area contributed by atoms with E-state index in [0.29, 0.717) is 31.1 Å². The van der Waals surface area contributed by atoms with E-state index in [4.69, 9.17) is 4.74 Å². The first-order chi connectivity index (χ1) is 16.0. The molecular formula is C25H24N4O3S. The maximum absolute atomic E-state index is 13.2. The van der Waals surface area contributed by atoms with Crippen molar-refractivity contribution in [2.45, 2.75) is 4.90 Å². The molecule has 1 aliphatic rings. The van der Waals surface area contributed by atoms with Gasteiger partial charge >= 0.3 is 0 Å². The fourth-order valence-electron chi connectivity index (χ4n) is 4.06. The summed E-state index contributed by atoms with van der Waals surface area (Å²) in [5.41, 5.74) is 1.69. The van der Waals surface area contributed by atoms with Gasteiger partial charge in [0, 0.05) is 31.7 Å². The Morgan fingerprint density at radius 3 is 2.30 bits per heavy atom. The molecule has 0 amide bonds. The molecule has 0 radical (unpaired) electrons. The van der Waals surface area contributed by atoms with Crippen LogP contribution < -0.4 is 9.64 Å². The van der Waals surface area contributed by atoms with Crippen LogP contribution in [0.4, 0.5) is 5.82 Å². The van der Waals surface area contributed by atoms with E-state index >= 15 is 0 Å². The molecule has 8 heteroatoms. The molecule has 0 aliphatic carbocycles. The number of nitrogens with zero attached hydrogens (tertiary/aromatic N) is 4.